The van der Waals surface area contributed by atoms with Crippen molar-refractivity contribution in [3.63, 3.8) is 0 Å². The number of carbonyl (C=O) groups excluding carboxylic acids is 1. The Morgan fingerprint density at radius 1 is 0.824 bits per heavy atom. The van der Waals surface area contributed by atoms with Crippen LogP contribution in [0.2, 0.25) is 0 Å². The molecule has 0 unspecified atom stereocenters. The van der Waals surface area contributed by atoms with Gasteiger partial charge in [-0.2, -0.15) is 0 Å². The number of sulfonamides is 2. The van der Waals surface area contributed by atoms with E-state index >= 15 is 0 Å². The number of likely N-dealkylation sites (N-methyl/N-ethyl adjacent to an activating group) is 2. The Balaban J connectivity index is -0.000000598. The fourth-order valence-electron chi connectivity index (χ4n) is 2.06. The molecule has 0 fully saturated rings. The van der Waals surface area contributed by atoms with Gasteiger partial charge in [-0.05, 0) is 31.6 Å². The number of rotatable bonds is 7. The molecule has 0 aromatic rings. The van der Waals surface area contributed by atoms with Crippen molar-refractivity contribution in [3.8, 4) is 0 Å². The van der Waals surface area contributed by atoms with Crippen LogP contribution in [0, 0.1) is 10.8 Å². The van der Waals surface area contributed by atoms with Crippen molar-refractivity contribution in [2.75, 3.05) is 39.7 Å². The molecular weight excluding hydrogens is 504 g/mol. The molecule has 2 atom stereocenters. The van der Waals surface area contributed by atoms with E-state index in [2.05, 4.69) is 5.32 Å². The van der Waals surface area contributed by atoms with E-state index in [1.807, 2.05) is 41.5 Å². The first-order valence-electron chi connectivity index (χ1n) is 10.8. The molecule has 0 aliphatic heterocycles. The zero-order valence-corrected chi connectivity index (χ0v) is 25.7. The van der Waals surface area contributed by atoms with Crippen LogP contribution in [0.25, 0.3) is 0 Å². The number of nitrogens with two attached hydrogens (primary N) is 1. The first-order chi connectivity index (χ1) is 14.2. The number of ether oxygens (including phenoxy) is 1. The standard InChI is InChI=1S/C13H28N2O4S.C8H20N2O2S.ClH/c1-12(2,3)10(9-15(7)20(8,17)18)14-11(16)19-13(4,5)6;1-8(2,3)7(9)6-10(4)13(5,11)12;/h10H,9H2,1-8H3,(H,14,16);7H,6,9H2,1-5H3;1H/t10-;7-;/m11./s1. The van der Waals surface area contributed by atoms with Gasteiger partial charge in [-0.1, -0.05) is 41.5 Å². The quantitative estimate of drug-likeness (QED) is 0.494. The SMILES string of the molecule is CN(C[C@@H](N)C(C)(C)C)S(C)(=O)=O.CN(C[C@@H](NC(=O)OC(C)(C)C)C(C)(C)C)S(C)(=O)=O.Cl. The Kier molecular flexibility index (Phi) is 15.1. The van der Waals surface area contributed by atoms with Crippen LogP contribution >= 0.6 is 12.4 Å². The summed E-state index contributed by atoms with van der Waals surface area (Å²) < 4.78 is 52.8. The number of alkyl carbamates (subject to hydrolysis) is 1. The van der Waals surface area contributed by atoms with Crippen LogP contribution in [0.1, 0.15) is 62.3 Å². The van der Waals surface area contributed by atoms with Gasteiger partial charge in [0.05, 0.1) is 18.6 Å². The first kappa shape index (κ1) is 37.9. The maximum Gasteiger partial charge on any atom is 0.407 e. The Bertz CT molecular complexity index is 829. The van der Waals surface area contributed by atoms with Crippen molar-refractivity contribution in [3.05, 3.63) is 0 Å². The topological polar surface area (TPSA) is 139 Å². The monoisotopic (exact) mass is 552 g/mol. The Labute approximate surface area is 214 Å². The number of nitrogens with one attached hydrogen (secondary N) is 1. The molecule has 0 spiro atoms. The molecule has 0 radical (unpaired) electrons. The number of carbonyl (C=O) groups is 1. The van der Waals surface area contributed by atoms with Gasteiger partial charge < -0.3 is 15.8 Å². The normalized spacial score (nSPS) is 15.1. The van der Waals surface area contributed by atoms with Crippen LogP contribution in [-0.2, 0) is 24.8 Å². The van der Waals surface area contributed by atoms with E-state index in [1.54, 1.807) is 27.8 Å². The highest BCUT2D eigenvalue weighted by atomic mass is 35.5. The number of nitrogens with zero attached hydrogens (tertiary/aromatic N) is 2. The molecule has 0 saturated heterocycles. The maximum absolute atomic E-state index is 11.8. The van der Waals surface area contributed by atoms with Gasteiger partial charge in [-0.25, -0.2) is 30.2 Å². The van der Waals surface area contributed by atoms with Crippen molar-refractivity contribution >= 4 is 38.5 Å². The van der Waals surface area contributed by atoms with Gasteiger partial charge in [0.2, 0.25) is 20.0 Å². The Hall–Kier alpha value is -0.660. The third-order valence-electron chi connectivity index (χ3n) is 4.87. The molecule has 0 aromatic heterocycles. The summed E-state index contributed by atoms with van der Waals surface area (Å²) in [4.78, 5) is 11.8. The minimum Gasteiger partial charge on any atom is -0.444 e. The number of hydrogen-bond acceptors (Lipinski definition) is 7. The first-order valence-corrected chi connectivity index (χ1v) is 14.5. The molecule has 1 amide bonds. The molecule has 208 valence electrons. The van der Waals surface area contributed by atoms with Crippen LogP contribution in [0.3, 0.4) is 0 Å². The molecule has 0 aliphatic rings. The molecule has 0 rings (SSSR count). The summed E-state index contributed by atoms with van der Waals surface area (Å²) in [6, 6.07) is -0.496. The third kappa shape index (κ3) is 17.7. The van der Waals surface area contributed by atoms with Crippen LogP contribution in [0.5, 0.6) is 0 Å². The van der Waals surface area contributed by atoms with Crippen LogP contribution in [0.15, 0.2) is 0 Å². The summed E-state index contributed by atoms with van der Waals surface area (Å²) in [7, 11) is -3.36. The molecule has 34 heavy (non-hydrogen) atoms. The van der Waals surface area contributed by atoms with Crippen molar-refractivity contribution in [1.29, 1.82) is 0 Å². The predicted octanol–water partition coefficient (Wildman–Crippen LogP) is 2.49. The zero-order chi connectivity index (χ0) is 27.2. The fraction of sp³-hybridized carbons (Fsp3) is 0.952. The van der Waals surface area contributed by atoms with Gasteiger partial charge in [-0.15, -0.1) is 12.4 Å². The van der Waals surface area contributed by atoms with E-state index < -0.39 is 31.7 Å². The lowest BCUT2D eigenvalue weighted by molar-refractivity contribution is 0.0455. The highest BCUT2D eigenvalue weighted by molar-refractivity contribution is 7.88. The average molecular weight is 553 g/mol. The minimum atomic E-state index is -3.29. The minimum absolute atomic E-state index is 0. The van der Waals surface area contributed by atoms with Gasteiger partial charge >= 0.3 is 6.09 Å². The number of hydrogen-bond donors (Lipinski definition) is 2. The van der Waals surface area contributed by atoms with Gasteiger partial charge in [-0.3, -0.25) is 0 Å². The van der Waals surface area contributed by atoms with Crippen molar-refractivity contribution in [2.45, 2.75) is 80.0 Å². The van der Waals surface area contributed by atoms with E-state index in [4.69, 9.17) is 10.5 Å². The largest absolute Gasteiger partial charge is 0.444 e. The molecular formula is C21H49ClN4O6S2. The number of halogens is 1. The molecule has 0 aromatic carbocycles. The zero-order valence-electron chi connectivity index (χ0n) is 23.2. The summed E-state index contributed by atoms with van der Waals surface area (Å²) in [5.41, 5.74) is 4.89. The van der Waals surface area contributed by atoms with Gasteiger partial charge in [0.25, 0.3) is 0 Å². The molecule has 0 saturated carbocycles. The van der Waals surface area contributed by atoms with Gasteiger partial charge in [0, 0.05) is 33.2 Å². The summed E-state index contributed by atoms with van der Waals surface area (Å²) >= 11 is 0. The molecule has 0 bridgehead atoms. The molecule has 0 heterocycles. The molecule has 10 nitrogen and oxygen atoms in total. The average Bonchev–Trinajstić information content (AvgIpc) is 2.49. The number of amides is 1. The maximum atomic E-state index is 11.8. The highest BCUT2D eigenvalue weighted by Gasteiger charge is 2.31. The highest BCUT2D eigenvalue weighted by Crippen LogP contribution is 2.21. The summed E-state index contributed by atoms with van der Waals surface area (Å²) in [5, 5.41) is 2.75. The second-order valence-electron chi connectivity index (χ2n) is 11.6. The van der Waals surface area contributed by atoms with Crippen molar-refractivity contribution < 1.29 is 26.4 Å². The summed E-state index contributed by atoms with van der Waals surface area (Å²) in [5.74, 6) is 0. The molecule has 0 aliphatic carbocycles. The lowest BCUT2D eigenvalue weighted by Crippen LogP contribution is -2.51. The van der Waals surface area contributed by atoms with E-state index in [1.165, 1.54) is 21.9 Å². The van der Waals surface area contributed by atoms with Crippen LogP contribution in [-0.4, -0.2) is 88.9 Å². The Morgan fingerprint density at radius 2 is 1.18 bits per heavy atom. The fourth-order valence-corrected chi connectivity index (χ4v) is 2.92. The van der Waals surface area contributed by atoms with Crippen LogP contribution < -0.4 is 11.1 Å². The Morgan fingerprint density at radius 3 is 1.44 bits per heavy atom. The smallest absolute Gasteiger partial charge is 0.407 e. The van der Waals surface area contributed by atoms with Gasteiger partial charge in [0.1, 0.15) is 5.60 Å². The van der Waals surface area contributed by atoms with Crippen molar-refractivity contribution in [2.24, 2.45) is 16.6 Å². The van der Waals surface area contributed by atoms with Crippen molar-refractivity contribution in [1.82, 2.24) is 13.9 Å². The predicted molar refractivity (Wildman–Crippen MR) is 142 cm³/mol. The van der Waals surface area contributed by atoms with Crippen LogP contribution in [0.4, 0.5) is 4.79 Å². The lowest BCUT2D eigenvalue weighted by atomic mass is 9.87. The summed E-state index contributed by atoms with van der Waals surface area (Å²) in [6.07, 6.45) is 1.78. The van der Waals surface area contributed by atoms with E-state index in [0.717, 1.165) is 6.26 Å². The van der Waals surface area contributed by atoms with E-state index in [-0.39, 0.29) is 41.9 Å². The van der Waals surface area contributed by atoms with E-state index in [9.17, 15) is 21.6 Å². The van der Waals surface area contributed by atoms with Gasteiger partial charge in [0.15, 0.2) is 0 Å². The molecule has 13 heteroatoms. The summed E-state index contributed by atoms with van der Waals surface area (Å²) in [6.45, 7) is 17.7. The third-order valence-corrected chi connectivity index (χ3v) is 7.44. The second-order valence-corrected chi connectivity index (χ2v) is 15.8. The second kappa shape index (κ2) is 13.6. The molecule has 3 N–H and O–H groups in total. The van der Waals surface area contributed by atoms with E-state index in [0.29, 0.717) is 6.54 Å². The lowest BCUT2D eigenvalue weighted by Gasteiger charge is -2.34.